The van der Waals surface area contributed by atoms with Gasteiger partial charge in [-0.05, 0) is 19.9 Å². The highest BCUT2D eigenvalue weighted by molar-refractivity contribution is 5.55. The third-order valence-corrected chi connectivity index (χ3v) is 3.11. The highest BCUT2D eigenvalue weighted by Crippen LogP contribution is 2.22. The Morgan fingerprint density at radius 2 is 2.33 bits per heavy atom. The van der Waals surface area contributed by atoms with Crippen molar-refractivity contribution in [3.63, 3.8) is 0 Å². The predicted octanol–water partition coefficient (Wildman–Crippen LogP) is 1.52. The molecule has 0 amide bonds. The van der Waals surface area contributed by atoms with Crippen LogP contribution < -0.4 is 5.32 Å². The van der Waals surface area contributed by atoms with Gasteiger partial charge in [-0.2, -0.15) is 4.98 Å². The maximum atomic E-state index is 5.73. The lowest BCUT2D eigenvalue weighted by atomic mass is 10.0. The molecule has 6 heteroatoms. The number of nitrogens with zero attached hydrogens (tertiary/aromatic N) is 2. The summed E-state index contributed by atoms with van der Waals surface area (Å²) >= 11 is 0. The molecule has 0 unspecified atom stereocenters. The maximum Gasteiger partial charge on any atom is 0.252 e. The second-order valence-electron chi connectivity index (χ2n) is 4.74. The van der Waals surface area contributed by atoms with Crippen molar-refractivity contribution in [2.24, 2.45) is 0 Å². The molecule has 2 aromatic rings. The van der Waals surface area contributed by atoms with Crippen LogP contribution in [0.4, 0.5) is 0 Å². The maximum absolute atomic E-state index is 5.73. The molecule has 0 saturated carbocycles. The molecule has 18 heavy (non-hydrogen) atoms. The van der Waals surface area contributed by atoms with Crippen molar-refractivity contribution < 1.29 is 13.7 Å². The van der Waals surface area contributed by atoms with Gasteiger partial charge in [0, 0.05) is 13.1 Å². The first kappa shape index (κ1) is 11.4. The molecular weight excluding hydrogens is 234 g/mol. The topological polar surface area (TPSA) is 73.3 Å². The largest absolute Gasteiger partial charge is 0.469 e. The van der Waals surface area contributed by atoms with Crippen LogP contribution in [0.15, 0.2) is 21.3 Å². The highest BCUT2D eigenvalue weighted by Gasteiger charge is 2.33. The van der Waals surface area contributed by atoms with E-state index >= 15 is 0 Å². The van der Waals surface area contributed by atoms with Gasteiger partial charge in [0.2, 0.25) is 5.82 Å². The predicted molar refractivity (Wildman–Crippen MR) is 62.8 cm³/mol. The number of hydrogen-bond donors (Lipinski definition) is 1. The fourth-order valence-corrected chi connectivity index (χ4v) is 1.85. The minimum absolute atomic E-state index is 0.111. The fourth-order valence-electron chi connectivity index (χ4n) is 1.85. The molecule has 1 fully saturated rings. The Hall–Kier alpha value is -1.66. The lowest BCUT2D eigenvalue weighted by molar-refractivity contribution is -0.0841. The van der Waals surface area contributed by atoms with E-state index in [1.165, 1.54) is 0 Å². The van der Waals surface area contributed by atoms with Crippen molar-refractivity contribution in [2.75, 3.05) is 13.1 Å². The normalized spacial score (nSPS) is 17.7. The van der Waals surface area contributed by atoms with E-state index in [1.807, 2.05) is 13.0 Å². The number of rotatable bonds is 4. The smallest absolute Gasteiger partial charge is 0.252 e. The molecule has 2 aromatic heterocycles. The summed E-state index contributed by atoms with van der Waals surface area (Å²) in [4.78, 5) is 4.29. The number of aryl methyl sites for hydroxylation is 1. The molecule has 0 bridgehead atoms. The molecule has 0 aliphatic carbocycles. The van der Waals surface area contributed by atoms with E-state index in [-0.39, 0.29) is 5.60 Å². The van der Waals surface area contributed by atoms with E-state index in [9.17, 15) is 0 Å². The molecule has 96 valence electrons. The van der Waals surface area contributed by atoms with Crippen molar-refractivity contribution in [2.45, 2.75) is 26.1 Å². The Bertz CT molecular complexity index is 542. The van der Waals surface area contributed by atoms with Gasteiger partial charge in [-0.3, -0.25) is 0 Å². The standard InChI is InChI=1S/C12H15N3O3/c1-8-9(3-4-16-8)11-14-10(18-15-11)5-17-12(2)6-13-7-12/h3-4,13H,5-7H2,1-2H3. The Balaban J connectivity index is 1.68. The Morgan fingerprint density at radius 1 is 1.50 bits per heavy atom. The highest BCUT2D eigenvalue weighted by atomic mass is 16.5. The molecule has 1 aliphatic heterocycles. The summed E-state index contributed by atoms with van der Waals surface area (Å²) in [5.41, 5.74) is 0.738. The van der Waals surface area contributed by atoms with Crippen molar-refractivity contribution in [3.05, 3.63) is 24.0 Å². The molecule has 1 N–H and O–H groups in total. The van der Waals surface area contributed by atoms with Crippen molar-refractivity contribution in [1.82, 2.24) is 15.5 Å². The van der Waals surface area contributed by atoms with Gasteiger partial charge in [-0.1, -0.05) is 5.16 Å². The van der Waals surface area contributed by atoms with Crippen molar-refractivity contribution in [1.29, 1.82) is 0 Å². The lowest BCUT2D eigenvalue weighted by Gasteiger charge is -2.38. The van der Waals surface area contributed by atoms with Gasteiger partial charge in [0.15, 0.2) is 0 Å². The zero-order valence-electron chi connectivity index (χ0n) is 10.4. The molecule has 6 nitrogen and oxygen atoms in total. The molecule has 0 radical (unpaired) electrons. The lowest BCUT2D eigenvalue weighted by Crippen LogP contribution is -2.58. The van der Waals surface area contributed by atoms with Gasteiger partial charge in [0.1, 0.15) is 12.4 Å². The molecule has 0 spiro atoms. The summed E-state index contributed by atoms with van der Waals surface area (Å²) in [5, 5.41) is 7.09. The molecule has 1 saturated heterocycles. The van der Waals surface area contributed by atoms with Crippen LogP contribution in [0.5, 0.6) is 0 Å². The number of aromatic nitrogens is 2. The molecule has 1 aliphatic rings. The Morgan fingerprint density at radius 3 is 2.94 bits per heavy atom. The molecule has 0 atom stereocenters. The number of furan rings is 1. The third-order valence-electron chi connectivity index (χ3n) is 3.11. The minimum Gasteiger partial charge on any atom is -0.469 e. The SMILES string of the molecule is Cc1occc1-c1noc(COC2(C)CNC2)n1. The van der Waals surface area contributed by atoms with Gasteiger partial charge >= 0.3 is 0 Å². The van der Waals surface area contributed by atoms with Gasteiger partial charge in [-0.25, -0.2) is 0 Å². The first-order valence-corrected chi connectivity index (χ1v) is 5.88. The van der Waals surface area contributed by atoms with Crippen LogP contribution in [0.2, 0.25) is 0 Å². The second-order valence-corrected chi connectivity index (χ2v) is 4.74. The van der Waals surface area contributed by atoms with Crippen LogP contribution in [0.1, 0.15) is 18.6 Å². The van der Waals surface area contributed by atoms with Crippen LogP contribution in [0.25, 0.3) is 11.4 Å². The zero-order valence-corrected chi connectivity index (χ0v) is 10.4. The monoisotopic (exact) mass is 249 g/mol. The molecule has 3 heterocycles. The van der Waals surface area contributed by atoms with Crippen LogP contribution >= 0.6 is 0 Å². The molecule has 0 aromatic carbocycles. The van der Waals surface area contributed by atoms with Gasteiger partial charge in [0.25, 0.3) is 5.89 Å². The van der Waals surface area contributed by atoms with E-state index in [1.54, 1.807) is 6.26 Å². The van der Waals surface area contributed by atoms with Crippen LogP contribution in [0, 0.1) is 6.92 Å². The van der Waals surface area contributed by atoms with Crippen LogP contribution in [0.3, 0.4) is 0 Å². The molecular formula is C12H15N3O3. The Labute approximate surface area is 104 Å². The van der Waals surface area contributed by atoms with Crippen LogP contribution in [-0.2, 0) is 11.3 Å². The third kappa shape index (κ3) is 2.04. The van der Waals surface area contributed by atoms with E-state index in [4.69, 9.17) is 13.7 Å². The van der Waals surface area contributed by atoms with E-state index in [0.29, 0.717) is 18.3 Å². The average molecular weight is 249 g/mol. The minimum atomic E-state index is -0.111. The van der Waals surface area contributed by atoms with Gasteiger partial charge in [-0.15, -0.1) is 0 Å². The summed E-state index contributed by atoms with van der Waals surface area (Å²) in [6.45, 7) is 5.97. The first-order chi connectivity index (χ1) is 8.66. The van der Waals surface area contributed by atoms with E-state index < -0.39 is 0 Å². The van der Waals surface area contributed by atoms with Gasteiger partial charge < -0.3 is 19.0 Å². The summed E-state index contributed by atoms with van der Waals surface area (Å²) < 4.78 is 16.1. The fraction of sp³-hybridized carbons (Fsp3) is 0.500. The molecule has 3 rings (SSSR count). The Kier molecular flexibility index (Phi) is 2.68. The quantitative estimate of drug-likeness (QED) is 0.885. The van der Waals surface area contributed by atoms with E-state index in [2.05, 4.69) is 22.4 Å². The summed E-state index contributed by atoms with van der Waals surface area (Å²) in [6, 6.07) is 1.82. The summed E-state index contributed by atoms with van der Waals surface area (Å²) in [6.07, 6.45) is 1.61. The van der Waals surface area contributed by atoms with E-state index in [0.717, 1.165) is 24.4 Å². The second kappa shape index (κ2) is 4.22. The number of nitrogens with one attached hydrogen (secondary N) is 1. The summed E-state index contributed by atoms with van der Waals surface area (Å²) in [5.74, 6) is 1.80. The average Bonchev–Trinajstić information content (AvgIpc) is 2.92. The summed E-state index contributed by atoms with van der Waals surface area (Å²) in [7, 11) is 0. The first-order valence-electron chi connectivity index (χ1n) is 5.88. The van der Waals surface area contributed by atoms with Crippen molar-refractivity contribution in [3.8, 4) is 11.4 Å². The number of hydrogen-bond acceptors (Lipinski definition) is 6. The van der Waals surface area contributed by atoms with Gasteiger partial charge in [0.05, 0.1) is 17.4 Å². The van der Waals surface area contributed by atoms with Crippen LogP contribution in [-0.4, -0.2) is 28.8 Å². The van der Waals surface area contributed by atoms with Crippen molar-refractivity contribution >= 4 is 0 Å². The number of ether oxygens (including phenoxy) is 1. The zero-order chi connectivity index (χ0) is 12.6.